The molecule has 0 aromatic carbocycles. The molecule has 1 unspecified atom stereocenters. The highest BCUT2D eigenvalue weighted by atomic mass is 16.6. The van der Waals surface area contributed by atoms with Crippen LogP contribution in [0.15, 0.2) is 109 Å². The van der Waals surface area contributed by atoms with Crippen molar-refractivity contribution in [3.63, 3.8) is 0 Å². The predicted octanol–water partition coefficient (Wildman–Crippen LogP) is 22.4. The van der Waals surface area contributed by atoms with Gasteiger partial charge in [0.05, 0.1) is 6.61 Å². The second-order valence-corrected chi connectivity index (χ2v) is 21.4. The molecule has 0 rings (SSSR count). The number of unbranched alkanes of at least 4 members (excludes halogenated alkanes) is 33. The Balaban J connectivity index is 3.45. The van der Waals surface area contributed by atoms with Gasteiger partial charge in [-0.25, -0.2) is 0 Å². The summed E-state index contributed by atoms with van der Waals surface area (Å²) in [6, 6.07) is 0. The summed E-state index contributed by atoms with van der Waals surface area (Å²) >= 11 is 0. The van der Waals surface area contributed by atoms with Gasteiger partial charge in [0, 0.05) is 12.8 Å². The zero-order valence-electron chi connectivity index (χ0n) is 50.0. The van der Waals surface area contributed by atoms with Crippen LogP contribution < -0.4 is 0 Å². The van der Waals surface area contributed by atoms with Crippen molar-refractivity contribution in [1.29, 1.82) is 0 Å². The highest BCUT2D eigenvalue weighted by molar-refractivity contribution is 5.70. The van der Waals surface area contributed by atoms with Crippen LogP contribution in [0.2, 0.25) is 0 Å². The Morgan fingerprint density at radius 3 is 0.789 bits per heavy atom. The maximum absolute atomic E-state index is 12.4. The van der Waals surface area contributed by atoms with Gasteiger partial charge in [-0.15, -0.1) is 0 Å². The summed E-state index contributed by atoms with van der Waals surface area (Å²) in [5, 5.41) is 9.69. The highest BCUT2D eigenvalue weighted by Crippen LogP contribution is 2.17. The molecule has 0 aliphatic carbocycles. The molecule has 0 bridgehead atoms. The lowest BCUT2D eigenvalue weighted by molar-refractivity contribution is -0.161. The molecule has 0 saturated heterocycles. The van der Waals surface area contributed by atoms with E-state index in [9.17, 15) is 14.7 Å². The number of esters is 2. The van der Waals surface area contributed by atoms with Crippen LogP contribution in [-0.4, -0.2) is 36.4 Å². The molecule has 0 amide bonds. The molecule has 0 aromatic heterocycles. The van der Waals surface area contributed by atoms with Crippen LogP contribution in [0, 0.1) is 0 Å². The van der Waals surface area contributed by atoms with E-state index in [4.69, 9.17) is 9.47 Å². The molecular formula is C71H122O5. The summed E-state index contributed by atoms with van der Waals surface area (Å²) in [4.78, 5) is 24.6. The van der Waals surface area contributed by atoms with Gasteiger partial charge >= 0.3 is 11.9 Å². The first-order valence-electron chi connectivity index (χ1n) is 32.4. The van der Waals surface area contributed by atoms with E-state index in [2.05, 4.69) is 123 Å². The molecule has 436 valence electrons. The predicted molar refractivity (Wildman–Crippen MR) is 334 cm³/mol. The number of hydrogen-bond acceptors (Lipinski definition) is 5. The minimum atomic E-state index is -0.777. The number of ether oxygens (including phenoxy) is 2. The van der Waals surface area contributed by atoms with Crippen molar-refractivity contribution < 1.29 is 24.2 Å². The number of carbonyl (C=O) groups excluding carboxylic acids is 2. The van der Waals surface area contributed by atoms with Gasteiger partial charge in [-0.05, 0) is 96.3 Å². The molecule has 0 aliphatic rings. The number of aliphatic hydroxyl groups is 1. The maximum atomic E-state index is 12.4. The number of rotatable bonds is 59. The van der Waals surface area contributed by atoms with Crippen LogP contribution in [0.1, 0.15) is 309 Å². The van der Waals surface area contributed by atoms with Crippen LogP contribution >= 0.6 is 0 Å². The van der Waals surface area contributed by atoms with Crippen LogP contribution in [-0.2, 0) is 19.1 Å². The average Bonchev–Trinajstić information content (AvgIpc) is 3.42. The van der Waals surface area contributed by atoms with Gasteiger partial charge in [0.1, 0.15) is 6.61 Å². The number of aliphatic hydroxyl groups excluding tert-OH is 1. The lowest BCUT2D eigenvalue weighted by atomic mass is 10.0. The van der Waals surface area contributed by atoms with Gasteiger partial charge in [0.25, 0.3) is 0 Å². The first kappa shape index (κ1) is 72.6. The lowest BCUT2D eigenvalue weighted by Crippen LogP contribution is -2.28. The molecule has 0 radical (unpaired) electrons. The van der Waals surface area contributed by atoms with Crippen molar-refractivity contribution >= 4 is 11.9 Å². The van der Waals surface area contributed by atoms with Gasteiger partial charge in [-0.1, -0.05) is 309 Å². The Hall–Kier alpha value is -3.44. The molecule has 0 heterocycles. The van der Waals surface area contributed by atoms with Crippen molar-refractivity contribution in [1.82, 2.24) is 0 Å². The van der Waals surface area contributed by atoms with Crippen molar-refractivity contribution in [3.05, 3.63) is 109 Å². The monoisotopic (exact) mass is 1050 g/mol. The van der Waals surface area contributed by atoms with Crippen LogP contribution in [0.5, 0.6) is 0 Å². The lowest BCUT2D eigenvalue weighted by Gasteiger charge is -2.15. The third-order valence-corrected chi connectivity index (χ3v) is 14.1. The summed E-state index contributed by atoms with van der Waals surface area (Å²) in [7, 11) is 0. The Morgan fingerprint density at radius 1 is 0.303 bits per heavy atom. The Bertz CT molecular complexity index is 1470. The van der Waals surface area contributed by atoms with E-state index in [1.54, 1.807) is 0 Å². The molecule has 0 saturated carbocycles. The Kier molecular flexibility index (Phi) is 62.9. The van der Waals surface area contributed by atoms with Gasteiger partial charge in [-0.2, -0.15) is 0 Å². The van der Waals surface area contributed by atoms with Crippen molar-refractivity contribution in [3.8, 4) is 0 Å². The maximum Gasteiger partial charge on any atom is 0.306 e. The summed E-state index contributed by atoms with van der Waals surface area (Å²) < 4.78 is 10.7. The van der Waals surface area contributed by atoms with E-state index < -0.39 is 6.10 Å². The fourth-order valence-corrected chi connectivity index (χ4v) is 9.28. The third-order valence-electron chi connectivity index (χ3n) is 14.1. The van der Waals surface area contributed by atoms with Gasteiger partial charge in [-0.3, -0.25) is 9.59 Å². The first-order chi connectivity index (χ1) is 37.6. The average molecular weight is 1060 g/mol. The standard InChI is InChI=1S/C71H122O5/c1-3-5-7-9-11-13-15-17-19-21-23-25-27-29-31-32-33-34-35-36-37-38-40-42-44-46-48-50-52-54-56-58-60-62-64-66-71(74)76-69(67-72)68-75-70(73)65-63-61-59-57-55-53-51-49-47-45-43-41-39-30-28-26-24-22-20-18-16-14-12-10-8-6-4-2/h5-8,11-14,17-20,23-26,29,31,69,72H,3-4,9-10,15-16,21-22,27-28,30,32-68H2,1-2H3/b7-5-,8-6-,13-11-,14-12-,19-17-,20-18-,25-23-,26-24-,31-29-. The highest BCUT2D eigenvalue weighted by Gasteiger charge is 2.16. The van der Waals surface area contributed by atoms with E-state index >= 15 is 0 Å². The molecule has 5 nitrogen and oxygen atoms in total. The molecule has 1 N–H and O–H groups in total. The zero-order valence-corrected chi connectivity index (χ0v) is 50.0. The molecule has 76 heavy (non-hydrogen) atoms. The molecule has 5 heteroatoms. The van der Waals surface area contributed by atoms with Gasteiger partial charge < -0.3 is 14.6 Å². The largest absolute Gasteiger partial charge is 0.462 e. The number of carbonyl (C=O) groups is 2. The normalized spacial score (nSPS) is 12.9. The third kappa shape index (κ3) is 63.1. The fraction of sp³-hybridized carbons (Fsp3) is 0.718. The van der Waals surface area contributed by atoms with E-state index in [-0.39, 0.29) is 25.2 Å². The van der Waals surface area contributed by atoms with E-state index in [0.29, 0.717) is 12.8 Å². The smallest absolute Gasteiger partial charge is 0.306 e. The molecule has 0 aromatic rings. The summed E-state index contributed by atoms with van der Waals surface area (Å²) in [5.74, 6) is -0.582. The molecule has 1 atom stereocenters. The minimum absolute atomic E-state index is 0.0670. The number of allylic oxidation sites excluding steroid dienone is 18. The molecule has 0 spiro atoms. The Labute approximate surface area is 471 Å². The SMILES string of the molecule is CC/C=C\C/C=C\C/C=C\C/C=C\C/C=C\CCCCCCCCCCCCCCCCCCCCCC(=O)OC(CO)COC(=O)CCCCCCCCCCCCCCCC/C=C\C/C=C\C/C=C\C/C=C\CC. The zero-order chi connectivity index (χ0) is 54.8. The Morgan fingerprint density at radius 2 is 0.526 bits per heavy atom. The second-order valence-electron chi connectivity index (χ2n) is 21.4. The second kappa shape index (κ2) is 65.8. The molecule has 0 fully saturated rings. The summed E-state index contributed by atoms with van der Waals surface area (Å²) in [6.07, 6.45) is 95.2. The van der Waals surface area contributed by atoms with Crippen molar-refractivity contribution in [2.75, 3.05) is 13.2 Å². The summed E-state index contributed by atoms with van der Waals surface area (Å²) in [5.41, 5.74) is 0. The quantitative estimate of drug-likeness (QED) is 0.0373. The first-order valence-corrected chi connectivity index (χ1v) is 32.4. The topological polar surface area (TPSA) is 72.8 Å². The van der Waals surface area contributed by atoms with E-state index in [1.807, 2.05) is 0 Å². The minimum Gasteiger partial charge on any atom is -0.462 e. The van der Waals surface area contributed by atoms with Crippen LogP contribution in [0.4, 0.5) is 0 Å². The van der Waals surface area contributed by atoms with Gasteiger partial charge in [0.2, 0.25) is 0 Å². The fourth-order valence-electron chi connectivity index (χ4n) is 9.28. The van der Waals surface area contributed by atoms with Crippen LogP contribution in [0.25, 0.3) is 0 Å². The van der Waals surface area contributed by atoms with E-state index in [0.717, 1.165) is 96.3 Å². The van der Waals surface area contributed by atoms with E-state index in [1.165, 1.54) is 186 Å². The number of hydrogen-bond donors (Lipinski definition) is 1. The molecule has 0 aliphatic heterocycles. The van der Waals surface area contributed by atoms with Crippen molar-refractivity contribution in [2.45, 2.75) is 315 Å². The van der Waals surface area contributed by atoms with Crippen LogP contribution in [0.3, 0.4) is 0 Å². The van der Waals surface area contributed by atoms with Gasteiger partial charge in [0.15, 0.2) is 6.10 Å². The summed E-state index contributed by atoms with van der Waals surface area (Å²) in [6.45, 7) is 3.94. The van der Waals surface area contributed by atoms with Crippen molar-refractivity contribution in [2.24, 2.45) is 0 Å². The molecular weight excluding hydrogens is 933 g/mol.